The van der Waals surface area contributed by atoms with Gasteiger partial charge in [0.05, 0.1) is 5.56 Å². The number of nitrogens with zero attached hydrogens (tertiary/aromatic N) is 2. The van der Waals surface area contributed by atoms with Gasteiger partial charge in [0.2, 0.25) is 0 Å². The number of nitrogens with two attached hydrogens (primary N) is 1. The van der Waals surface area contributed by atoms with Gasteiger partial charge in [-0.15, -0.1) is 0 Å². The molecule has 0 atom stereocenters. The van der Waals surface area contributed by atoms with E-state index in [2.05, 4.69) is 4.98 Å². The molecule has 26 heavy (non-hydrogen) atoms. The smallest absolute Gasteiger partial charge is 0.338 e. The lowest BCUT2D eigenvalue weighted by Gasteiger charge is -2.20. The van der Waals surface area contributed by atoms with Crippen LogP contribution in [-0.2, 0) is 4.74 Å². The first-order chi connectivity index (χ1) is 12.1. The highest BCUT2D eigenvalue weighted by Crippen LogP contribution is 2.35. The Morgan fingerprint density at radius 2 is 1.85 bits per heavy atom. The molecule has 1 aromatic heterocycles. The van der Waals surface area contributed by atoms with Gasteiger partial charge in [0, 0.05) is 11.1 Å². The number of nitrogens with one attached hydrogen (secondary N) is 1. The number of nitrogen functional groups attached to an aromatic ring is 1. The number of carbonyl (C=O) groups excluding carboxylic acids is 1. The van der Waals surface area contributed by atoms with E-state index in [4.69, 9.17) is 10.5 Å². The van der Waals surface area contributed by atoms with Gasteiger partial charge in [-0.1, -0.05) is 0 Å². The van der Waals surface area contributed by atoms with Crippen molar-refractivity contribution in [3.8, 4) is 29.0 Å². The molecule has 0 aliphatic rings. The number of esters is 1. The lowest BCUT2D eigenvalue weighted by Crippen LogP contribution is -2.24. The predicted octanol–water partition coefficient (Wildman–Crippen LogP) is 2.03. The topological polar surface area (TPSA) is 153 Å². The fourth-order valence-corrected chi connectivity index (χ4v) is 2.31. The van der Waals surface area contributed by atoms with Gasteiger partial charge in [0.15, 0.2) is 0 Å². The van der Waals surface area contributed by atoms with Crippen molar-refractivity contribution < 1.29 is 14.6 Å². The van der Waals surface area contributed by atoms with Crippen molar-refractivity contribution in [2.75, 3.05) is 5.73 Å². The molecule has 132 valence electrons. The number of anilines is 1. The maximum atomic E-state index is 12.3. The summed E-state index contributed by atoms with van der Waals surface area (Å²) in [6, 6.07) is 7.31. The minimum atomic E-state index is -0.805. The van der Waals surface area contributed by atoms with Gasteiger partial charge in [-0.05, 0) is 39.0 Å². The maximum absolute atomic E-state index is 12.3. The summed E-state index contributed by atoms with van der Waals surface area (Å²) in [4.78, 5) is 26.5. The average molecular weight is 352 g/mol. The second-order valence-electron chi connectivity index (χ2n) is 6.45. The normalized spacial score (nSPS) is 10.7. The second kappa shape index (κ2) is 6.61. The highest BCUT2D eigenvalue weighted by Gasteiger charge is 2.23. The Morgan fingerprint density at radius 3 is 2.38 bits per heavy atom. The number of aromatic amines is 1. The van der Waals surface area contributed by atoms with Crippen LogP contribution in [0.4, 0.5) is 5.82 Å². The number of nitriles is 2. The first-order valence-corrected chi connectivity index (χ1v) is 7.51. The van der Waals surface area contributed by atoms with Crippen molar-refractivity contribution in [2.24, 2.45) is 0 Å². The number of hydrogen-bond donors (Lipinski definition) is 3. The van der Waals surface area contributed by atoms with Crippen molar-refractivity contribution in [3.05, 3.63) is 45.2 Å². The number of H-pyrrole nitrogens is 1. The minimum Gasteiger partial charge on any atom is -0.507 e. The van der Waals surface area contributed by atoms with E-state index in [1.54, 1.807) is 32.9 Å². The predicted molar refractivity (Wildman–Crippen MR) is 93.2 cm³/mol. The summed E-state index contributed by atoms with van der Waals surface area (Å²) in [5, 5.41) is 28.9. The van der Waals surface area contributed by atoms with Crippen LogP contribution in [0.2, 0.25) is 0 Å². The van der Waals surface area contributed by atoms with Gasteiger partial charge in [0.1, 0.15) is 40.4 Å². The summed E-state index contributed by atoms with van der Waals surface area (Å²) in [5.74, 6) is -1.22. The first-order valence-electron chi connectivity index (χ1n) is 7.51. The number of benzene rings is 1. The van der Waals surface area contributed by atoms with Crippen LogP contribution in [0.3, 0.4) is 0 Å². The molecule has 8 heteroatoms. The fourth-order valence-electron chi connectivity index (χ4n) is 2.31. The molecule has 0 fully saturated rings. The van der Waals surface area contributed by atoms with Crippen molar-refractivity contribution in [2.45, 2.75) is 26.4 Å². The molecule has 1 heterocycles. The number of phenolic OH excluding ortho intramolecular Hbond substituents is 1. The lowest BCUT2D eigenvalue weighted by atomic mass is 9.94. The third-order valence-electron chi connectivity index (χ3n) is 3.37. The maximum Gasteiger partial charge on any atom is 0.338 e. The van der Waals surface area contributed by atoms with Gasteiger partial charge < -0.3 is 20.6 Å². The largest absolute Gasteiger partial charge is 0.507 e. The van der Waals surface area contributed by atoms with Crippen molar-refractivity contribution in [3.63, 3.8) is 0 Å². The van der Waals surface area contributed by atoms with E-state index in [1.807, 2.05) is 0 Å². The molecule has 0 saturated heterocycles. The average Bonchev–Trinajstić information content (AvgIpc) is 2.53. The Labute approximate surface area is 149 Å². The van der Waals surface area contributed by atoms with Crippen LogP contribution in [0.1, 0.15) is 42.3 Å². The van der Waals surface area contributed by atoms with Crippen LogP contribution in [0.5, 0.6) is 5.75 Å². The number of carbonyl (C=O) groups is 1. The number of hydrogen-bond acceptors (Lipinski definition) is 7. The van der Waals surface area contributed by atoms with E-state index < -0.39 is 22.7 Å². The van der Waals surface area contributed by atoms with E-state index in [1.165, 1.54) is 18.2 Å². The van der Waals surface area contributed by atoms with Crippen molar-refractivity contribution in [1.82, 2.24) is 4.98 Å². The summed E-state index contributed by atoms with van der Waals surface area (Å²) in [7, 11) is 0. The molecule has 2 aromatic rings. The molecule has 8 nitrogen and oxygen atoms in total. The van der Waals surface area contributed by atoms with E-state index in [9.17, 15) is 25.2 Å². The molecule has 0 aliphatic carbocycles. The van der Waals surface area contributed by atoms with Crippen LogP contribution in [0.25, 0.3) is 11.1 Å². The van der Waals surface area contributed by atoms with Crippen LogP contribution in [0.15, 0.2) is 23.0 Å². The minimum absolute atomic E-state index is 0.0424. The molecule has 0 bridgehead atoms. The summed E-state index contributed by atoms with van der Waals surface area (Å²) in [6.07, 6.45) is 0. The van der Waals surface area contributed by atoms with Gasteiger partial charge in [0.25, 0.3) is 5.56 Å². The third-order valence-corrected chi connectivity index (χ3v) is 3.37. The van der Waals surface area contributed by atoms with Crippen LogP contribution in [-0.4, -0.2) is 21.7 Å². The lowest BCUT2D eigenvalue weighted by molar-refractivity contribution is 0.00696. The summed E-state index contributed by atoms with van der Waals surface area (Å²) in [5.41, 5.74) is 3.44. The molecule has 0 spiro atoms. The molecule has 2 rings (SSSR count). The number of aromatic nitrogens is 1. The quantitative estimate of drug-likeness (QED) is 0.699. The summed E-state index contributed by atoms with van der Waals surface area (Å²) in [6.45, 7) is 5.10. The molecule has 4 N–H and O–H groups in total. The Morgan fingerprint density at radius 1 is 1.23 bits per heavy atom. The second-order valence-corrected chi connectivity index (χ2v) is 6.45. The highest BCUT2D eigenvalue weighted by molar-refractivity contribution is 5.93. The van der Waals surface area contributed by atoms with Crippen molar-refractivity contribution in [1.29, 1.82) is 10.5 Å². The van der Waals surface area contributed by atoms with E-state index in [0.29, 0.717) is 0 Å². The number of pyridine rings is 1. The molecular weight excluding hydrogens is 336 g/mol. The van der Waals surface area contributed by atoms with Gasteiger partial charge in [-0.25, -0.2) is 4.79 Å². The Kier molecular flexibility index (Phi) is 4.72. The SMILES string of the molecule is CC(C)(C)OC(=O)c1ccc(O)c(-c2c(C#N)c(N)[nH]c(=O)c2C#N)c1. The number of aromatic hydroxyl groups is 1. The zero-order valence-corrected chi connectivity index (χ0v) is 14.4. The molecule has 0 unspecified atom stereocenters. The van der Waals surface area contributed by atoms with E-state index in [-0.39, 0.29) is 33.8 Å². The molecule has 0 radical (unpaired) electrons. The van der Waals surface area contributed by atoms with E-state index >= 15 is 0 Å². The molecule has 0 amide bonds. The first kappa shape index (κ1) is 18.6. The number of rotatable bonds is 2. The van der Waals surface area contributed by atoms with Crippen LogP contribution < -0.4 is 11.3 Å². The fraction of sp³-hybridized carbons (Fsp3) is 0.222. The van der Waals surface area contributed by atoms with Gasteiger partial charge in [-0.3, -0.25) is 4.79 Å². The Bertz CT molecular complexity index is 1030. The Balaban J connectivity index is 2.77. The van der Waals surface area contributed by atoms with Crippen molar-refractivity contribution >= 4 is 11.8 Å². The number of ether oxygens (including phenoxy) is 1. The third kappa shape index (κ3) is 3.50. The Hall–Kier alpha value is -3.78. The van der Waals surface area contributed by atoms with Gasteiger partial charge >= 0.3 is 5.97 Å². The highest BCUT2D eigenvalue weighted by atomic mass is 16.6. The summed E-state index contributed by atoms with van der Waals surface area (Å²) < 4.78 is 5.27. The molecule has 0 saturated carbocycles. The number of phenols is 1. The molecular formula is C18H16N4O4. The van der Waals surface area contributed by atoms with Gasteiger partial charge in [-0.2, -0.15) is 10.5 Å². The van der Waals surface area contributed by atoms with Crippen LogP contribution in [0, 0.1) is 22.7 Å². The zero-order chi connectivity index (χ0) is 19.6. The van der Waals surface area contributed by atoms with E-state index in [0.717, 1.165) is 0 Å². The zero-order valence-electron chi connectivity index (χ0n) is 14.4. The van der Waals surface area contributed by atoms with Crippen LogP contribution >= 0.6 is 0 Å². The standard InChI is InChI=1S/C18H16N4O4/c1-18(2,3)26-17(25)9-4-5-13(23)10(6-9)14-11(7-19)15(21)22-16(24)12(14)8-20/h4-6,23H,1-3H3,(H3,21,22,24). The monoisotopic (exact) mass is 352 g/mol. The molecule has 1 aromatic carbocycles. The summed E-state index contributed by atoms with van der Waals surface area (Å²) >= 11 is 0. The molecule has 0 aliphatic heterocycles.